The lowest BCUT2D eigenvalue weighted by atomic mass is 10.1. The molecule has 1 saturated heterocycles. The number of rotatable bonds is 2. The predicted octanol–water partition coefficient (Wildman–Crippen LogP) is 1.77. The first-order valence-electron chi connectivity index (χ1n) is 7.04. The Morgan fingerprint density at radius 1 is 1.10 bits per heavy atom. The van der Waals surface area contributed by atoms with Crippen LogP contribution in [0.3, 0.4) is 0 Å². The molecular weight excluding hydrogens is 262 g/mol. The van der Waals surface area contributed by atoms with E-state index in [1.807, 2.05) is 30.3 Å². The van der Waals surface area contributed by atoms with Crippen LogP contribution in [0.1, 0.15) is 5.56 Å². The van der Waals surface area contributed by atoms with E-state index in [0.717, 1.165) is 43.4 Å². The Bertz CT molecular complexity index is 668. The molecule has 1 fully saturated rings. The highest BCUT2D eigenvalue weighted by molar-refractivity contribution is 5.67. The lowest BCUT2D eigenvalue weighted by Crippen LogP contribution is -2.45. The molecule has 2 heterocycles. The molecule has 21 heavy (non-hydrogen) atoms. The highest BCUT2D eigenvalue weighted by Crippen LogP contribution is 2.22. The minimum absolute atomic E-state index is 0.639. The van der Waals surface area contributed by atoms with Crippen molar-refractivity contribution in [3.63, 3.8) is 0 Å². The standard InChI is InChI=1S/C16H17N5/c1-20-8-10-21(11-9-20)16-18-7-6-15(19-16)14-5-3-2-4-13(14)12-17/h2-7H,8-11H2,1H3. The van der Waals surface area contributed by atoms with Gasteiger partial charge in [-0.25, -0.2) is 9.97 Å². The van der Waals surface area contributed by atoms with Gasteiger partial charge in [-0.05, 0) is 19.2 Å². The number of hydrogen-bond donors (Lipinski definition) is 0. The fourth-order valence-electron chi connectivity index (χ4n) is 2.46. The molecule has 0 N–H and O–H groups in total. The molecule has 0 amide bonds. The number of aromatic nitrogens is 2. The summed E-state index contributed by atoms with van der Waals surface area (Å²) in [6, 6.07) is 11.6. The first-order chi connectivity index (χ1) is 10.3. The first kappa shape index (κ1) is 13.5. The summed E-state index contributed by atoms with van der Waals surface area (Å²) in [6.45, 7) is 3.89. The van der Waals surface area contributed by atoms with Crippen molar-refractivity contribution in [2.24, 2.45) is 0 Å². The van der Waals surface area contributed by atoms with Crippen molar-refractivity contribution >= 4 is 5.95 Å². The van der Waals surface area contributed by atoms with Crippen LogP contribution >= 0.6 is 0 Å². The molecule has 3 rings (SSSR count). The van der Waals surface area contributed by atoms with Crippen molar-refractivity contribution in [2.45, 2.75) is 0 Å². The second-order valence-electron chi connectivity index (χ2n) is 5.19. The van der Waals surface area contributed by atoms with Gasteiger partial charge in [0.25, 0.3) is 0 Å². The van der Waals surface area contributed by atoms with E-state index in [1.165, 1.54) is 0 Å². The molecule has 1 aliphatic rings. The largest absolute Gasteiger partial charge is 0.338 e. The van der Waals surface area contributed by atoms with E-state index in [-0.39, 0.29) is 0 Å². The van der Waals surface area contributed by atoms with Crippen molar-refractivity contribution in [2.75, 3.05) is 38.1 Å². The number of likely N-dealkylation sites (N-methyl/N-ethyl adjacent to an activating group) is 1. The topological polar surface area (TPSA) is 56.0 Å². The minimum Gasteiger partial charge on any atom is -0.338 e. The Labute approximate surface area is 124 Å². The molecule has 0 radical (unpaired) electrons. The third-order valence-electron chi connectivity index (χ3n) is 3.75. The van der Waals surface area contributed by atoms with Gasteiger partial charge in [0.1, 0.15) is 0 Å². The summed E-state index contributed by atoms with van der Waals surface area (Å²) >= 11 is 0. The van der Waals surface area contributed by atoms with Gasteiger partial charge in [0.05, 0.1) is 17.3 Å². The minimum atomic E-state index is 0.639. The summed E-state index contributed by atoms with van der Waals surface area (Å²) < 4.78 is 0. The molecular formula is C16H17N5. The highest BCUT2D eigenvalue weighted by Gasteiger charge is 2.17. The van der Waals surface area contributed by atoms with Gasteiger partial charge in [-0.3, -0.25) is 0 Å². The van der Waals surface area contributed by atoms with E-state index < -0.39 is 0 Å². The zero-order chi connectivity index (χ0) is 14.7. The van der Waals surface area contributed by atoms with Gasteiger partial charge in [-0.1, -0.05) is 18.2 Å². The number of nitriles is 1. The van der Waals surface area contributed by atoms with Crippen molar-refractivity contribution < 1.29 is 0 Å². The number of hydrogen-bond acceptors (Lipinski definition) is 5. The van der Waals surface area contributed by atoms with Crippen LogP contribution < -0.4 is 4.90 Å². The van der Waals surface area contributed by atoms with Crippen LogP contribution in [0.25, 0.3) is 11.3 Å². The van der Waals surface area contributed by atoms with E-state index >= 15 is 0 Å². The Balaban J connectivity index is 1.92. The second-order valence-corrected chi connectivity index (χ2v) is 5.19. The number of nitrogens with zero attached hydrogens (tertiary/aromatic N) is 5. The molecule has 0 aliphatic carbocycles. The maximum absolute atomic E-state index is 9.22. The molecule has 0 saturated carbocycles. The molecule has 5 nitrogen and oxygen atoms in total. The molecule has 1 aliphatic heterocycles. The maximum Gasteiger partial charge on any atom is 0.225 e. The van der Waals surface area contributed by atoms with Gasteiger partial charge in [0, 0.05) is 37.9 Å². The van der Waals surface area contributed by atoms with Gasteiger partial charge < -0.3 is 9.80 Å². The van der Waals surface area contributed by atoms with Crippen molar-refractivity contribution in [3.8, 4) is 17.3 Å². The normalized spacial score (nSPS) is 15.7. The second kappa shape index (κ2) is 5.90. The van der Waals surface area contributed by atoms with Crippen molar-refractivity contribution in [3.05, 3.63) is 42.1 Å². The quantitative estimate of drug-likeness (QED) is 0.838. The molecule has 5 heteroatoms. The molecule has 0 unspecified atom stereocenters. The molecule has 1 aromatic carbocycles. The van der Waals surface area contributed by atoms with Gasteiger partial charge in [-0.15, -0.1) is 0 Å². The number of piperazine rings is 1. The molecule has 0 bridgehead atoms. The Hall–Kier alpha value is -2.45. The predicted molar refractivity (Wildman–Crippen MR) is 81.9 cm³/mol. The van der Waals surface area contributed by atoms with E-state index in [1.54, 1.807) is 6.20 Å². The zero-order valence-corrected chi connectivity index (χ0v) is 12.0. The van der Waals surface area contributed by atoms with Gasteiger partial charge >= 0.3 is 0 Å². The van der Waals surface area contributed by atoms with E-state index in [0.29, 0.717) is 5.56 Å². The zero-order valence-electron chi connectivity index (χ0n) is 12.0. The fraction of sp³-hybridized carbons (Fsp3) is 0.312. The smallest absolute Gasteiger partial charge is 0.225 e. The molecule has 2 aromatic rings. The van der Waals surface area contributed by atoms with Crippen LogP contribution in [0.2, 0.25) is 0 Å². The lowest BCUT2D eigenvalue weighted by Gasteiger charge is -2.32. The first-order valence-corrected chi connectivity index (χ1v) is 7.04. The summed E-state index contributed by atoms with van der Waals surface area (Å²) in [5.41, 5.74) is 2.30. The van der Waals surface area contributed by atoms with E-state index in [9.17, 15) is 5.26 Å². The average Bonchev–Trinajstić information content (AvgIpc) is 2.55. The molecule has 106 valence electrons. The Morgan fingerprint density at radius 3 is 2.62 bits per heavy atom. The summed E-state index contributed by atoms with van der Waals surface area (Å²) in [7, 11) is 2.12. The SMILES string of the molecule is CN1CCN(c2nccc(-c3ccccc3C#N)n2)CC1. The van der Waals surface area contributed by atoms with E-state index in [4.69, 9.17) is 0 Å². The fourth-order valence-corrected chi connectivity index (χ4v) is 2.46. The van der Waals surface area contributed by atoms with Crippen LogP contribution in [-0.2, 0) is 0 Å². The Kier molecular flexibility index (Phi) is 3.80. The third kappa shape index (κ3) is 2.86. The molecule has 0 spiro atoms. The molecule has 0 atom stereocenters. The summed E-state index contributed by atoms with van der Waals surface area (Å²) in [5.74, 6) is 0.744. The number of benzene rings is 1. The lowest BCUT2D eigenvalue weighted by molar-refractivity contribution is 0.311. The summed E-state index contributed by atoms with van der Waals surface area (Å²) in [5, 5.41) is 9.22. The van der Waals surface area contributed by atoms with Crippen LogP contribution in [-0.4, -0.2) is 48.1 Å². The van der Waals surface area contributed by atoms with Gasteiger partial charge in [-0.2, -0.15) is 5.26 Å². The third-order valence-corrected chi connectivity index (χ3v) is 3.75. The van der Waals surface area contributed by atoms with Crippen molar-refractivity contribution in [1.29, 1.82) is 5.26 Å². The van der Waals surface area contributed by atoms with Crippen molar-refractivity contribution in [1.82, 2.24) is 14.9 Å². The number of anilines is 1. The van der Waals surface area contributed by atoms with Crippen LogP contribution in [0.15, 0.2) is 36.5 Å². The van der Waals surface area contributed by atoms with Gasteiger partial charge in [0.15, 0.2) is 0 Å². The molecule has 1 aromatic heterocycles. The van der Waals surface area contributed by atoms with Crippen LogP contribution in [0.4, 0.5) is 5.95 Å². The van der Waals surface area contributed by atoms with Gasteiger partial charge in [0.2, 0.25) is 5.95 Å². The summed E-state index contributed by atoms with van der Waals surface area (Å²) in [6.07, 6.45) is 1.77. The Morgan fingerprint density at radius 2 is 1.86 bits per heavy atom. The summed E-state index contributed by atoms with van der Waals surface area (Å²) in [4.78, 5) is 13.5. The monoisotopic (exact) mass is 279 g/mol. The average molecular weight is 279 g/mol. The van der Waals surface area contributed by atoms with Crippen LogP contribution in [0.5, 0.6) is 0 Å². The maximum atomic E-state index is 9.22. The highest BCUT2D eigenvalue weighted by atomic mass is 15.3. The van der Waals surface area contributed by atoms with Crippen LogP contribution in [0, 0.1) is 11.3 Å². The van der Waals surface area contributed by atoms with E-state index in [2.05, 4.69) is 32.9 Å².